The standard InChI is InChI=1S/C16H32O/c1-3-5-7-9-11-13-15-16(17)14-12-10-8-6-4-2/h3,16-17H,1,4-15H2,2H3. The molecule has 1 nitrogen and oxygen atoms in total. The predicted octanol–water partition coefficient (Wildman–Crippen LogP) is 5.23. The lowest BCUT2D eigenvalue weighted by Gasteiger charge is -2.09. The summed E-state index contributed by atoms with van der Waals surface area (Å²) in [5.74, 6) is 0. The molecular formula is C16H32O. The van der Waals surface area contributed by atoms with E-state index in [-0.39, 0.29) is 6.10 Å². The molecule has 0 bridgehead atoms. The van der Waals surface area contributed by atoms with Crippen molar-refractivity contribution in [1.82, 2.24) is 0 Å². The highest BCUT2D eigenvalue weighted by Gasteiger charge is 2.03. The average Bonchev–Trinajstić information content (AvgIpc) is 2.33. The molecular weight excluding hydrogens is 208 g/mol. The van der Waals surface area contributed by atoms with Crippen molar-refractivity contribution >= 4 is 0 Å². The van der Waals surface area contributed by atoms with Gasteiger partial charge in [-0.1, -0.05) is 64.4 Å². The van der Waals surface area contributed by atoms with Crippen molar-refractivity contribution in [2.45, 2.75) is 90.1 Å². The summed E-state index contributed by atoms with van der Waals surface area (Å²) in [6.07, 6.45) is 16.6. The third-order valence-corrected chi connectivity index (χ3v) is 3.34. The van der Waals surface area contributed by atoms with E-state index in [0.29, 0.717) is 0 Å². The van der Waals surface area contributed by atoms with Crippen LogP contribution in [0, 0.1) is 0 Å². The fourth-order valence-electron chi connectivity index (χ4n) is 2.15. The van der Waals surface area contributed by atoms with Gasteiger partial charge in [-0.3, -0.25) is 0 Å². The zero-order valence-electron chi connectivity index (χ0n) is 11.8. The molecule has 17 heavy (non-hydrogen) atoms. The van der Waals surface area contributed by atoms with Crippen LogP contribution >= 0.6 is 0 Å². The third-order valence-electron chi connectivity index (χ3n) is 3.34. The van der Waals surface area contributed by atoms with E-state index >= 15 is 0 Å². The molecule has 0 aromatic carbocycles. The van der Waals surface area contributed by atoms with Crippen LogP contribution in [0.1, 0.15) is 84.0 Å². The van der Waals surface area contributed by atoms with E-state index in [0.717, 1.165) is 19.3 Å². The Balaban J connectivity index is 3.11. The molecule has 0 aliphatic carbocycles. The number of hydrogen-bond donors (Lipinski definition) is 1. The van der Waals surface area contributed by atoms with Crippen molar-refractivity contribution in [3.05, 3.63) is 12.7 Å². The zero-order valence-corrected chi connectivity index (χ0v) is 11.8. The summed E-state index contributed by atoms with van der Waals surface area (Å²) >= 11 is 0. The molecule has 1 N–H and O–H groups in total. The number of hydrogen-bond acceptors (Lipinski definition) is 1. The minimum absolute atomic E-state index is 0.0453. The van der Waals surface area contributed by atoms with Crippen molar-refractivity contribution in [3.63, 3.8) is 0 Å². The maximum absolute atomic E-state index is 9.79. The van der Waals surface area contributed by atoms with Crippen LogP contribution in [0.15, 0.2) is 12.7 Å². The Hall–Kier alpha value is -0.300. The van der Waals surface area contributed by atoms with E-state index in [9.17, 15) is 5.11 Å². The SMILES string of the molecule is C=CCCCCCCC(O)CCCCCCC. The van der Waals surface area contributed by atoms with Gasteiger partial charge in [-0.2, -0.15) is 0 Å². The van der Waals surface area contributed by atoms with Crippen LogP contribution in [-0.4, -0.2) is 11.2 Å². The van der Waals surface area contributed by atoms with Crippen molar-refractivity contribution in [2.75, 3.05) is 0 Å². The highest BCUT2D eigenvalue weighted by molar-refractivity contribution is 4.65. The largest absolute Gasteiger partial charge is 0.393 e. The van der Waals surface area contributed by atoms with Gasteiger partial charge in [0.15, 0.2) is 0 Å². The molecule has 0 rings (SSSR count). The number of unbranched alkanes of at least 4 members (excludes halogenated alkanes) is 8. The lowest BCUT2D eigenvalue weighted by Crippen LogP contribution is -2.05. The van der Waals surface area contributed by atoms with E-state index in [4.69, 9.17) is 0 Å². The quantitative estimate of drug-likeness (QED) is 0.345. The molecule has 0 radical (unpaired) electrons. The molecule has 1 heteroatoms. The second-order valence-corrected chi connectivity index (χ2v) is 5.14. The van der Waals surface area contributed by atoms with Gasteiger partial charge in [0.05, 0.1) is 6.10 Å². The molecule has 102 valence electrons. The minimum Gasteiger partial charge on any atom is -0.393 e. The van der Waals surface area contributed by atoms with Crippen LogP contribution in [0.2, 0.25) is 0 Å². The van der Waals surface area contributed by atoms with Gasteiger partial charge in [0.25, 0.3) is 0 Å². The highest BCUT2D eigenvalue weighted by Crippen LogP contribution is 2.13. The van der Waals surface area contributed by atoms with Crippen LogP contribution in [0.25, 0.3) is 0 Å². The minimum atomic E-state index is -0.0453. The number of aliphatic hydroxyl groups excluding tert-OH is 1. The van der Waals surface area contributed by atoms with E-state index in [1.807, 2.05) is 6.08 Å². The van der Waals surface area contributed by atoms with Crippen molar-refractivity contribution in [1.29, 1.82) is 0 Å². The van der Waals surface area contributed by atoms with Crippen LogP contribution < -0.4 is 0 Å². The molecule has 0 aromatic heterocycles. The monoisotopic (exact) mass is 240 g/mol. The van der Waals surface area contributed by atoms with Crippen LogP contribution in [0.4, 0.5) is 0 Å². The summed E-state index contributed by atoms with van der Waals surface area (Å²) in [6.45, 7) is 5.96. The summed E-state index contributed by atoms with van der Waals surface area (Å²) < 4.78 is 0. The first-order chi connectivity index (χ1) is 8.31. The second kappa shape index (κ2) is 13.8. The zero-order chi connectivity index (χ0) is 12.8. The van der Waals surface area contributed by atoms with Crippen molar-refractivity contribution in [3.8, 4) is 0 Å². The van der Waals surface area contributed by atoms with Gasteiger partial charge in [-0.15, -0.1) is 6.58 Å². The van der Waals surface area contributed by atoms with Gasteiger partial charge in [-0.25, -0.2) is 0 Å². The van der Waals surface area contributed by atoms with E-state index in [1.165, 1.54) is 57.8 Å². The summed E-state index contributed by atoms with van der Waals surface area (Å²) in [6, 6.07) is 0. The molecule has 0 heterocycles. The Morgan fingerprint density at radius 1 is 0.882 bits per heavy atom. The maximum atomic E-state index is 9.79. The molecule has 0 aliphatic heterocycles. The molecule has 0 aromatic rings. The lowest BCUT2D eigenvalue weighted by atomic mass is 10.0. The van der Waals surface area contributed by atoms with E-state index < -0.39 is 0 Å². The number of allylic oxidation sites excluding steroid dienone is 1. The van der Waals surface area contributed by atoms with Crippen molar-refractivity contribution in [2.24, 2.45) is 0 Å². The maximum Gasteiger partial charge on any atom is 0.0540 e. The lowest BCUT2D eigenvalue weighted by molar-refractivity contribution is 0.147. The van der Waals surface area contributed by atoms with Gasteiger partial charge in [0, 0.05) is 0 Å². The Morgan fingerprint density at radius 2 is 1.41 bits per heavy atom. The number of aliphatic hydroxyl groups is 1. The first-order valence-corrected chi connectivity index (χ1v) is 7.60. The van der Waals surface area contributed by atoms with Gasteiger partial charge in [0.2, 0.25) is 0 Å². The Labute approximate surface area is 108 Å². The third kappa shape index (κ3) is 13.6. The number of rotatable bonds is 13. The highest BCUT2D eigenvalue weighted by atomic mass is 16.3. The summed E-state index contributed by atoms with van der Waals surface area (Å²) in [5, 5.41) is 9.79. The fourth-order valence-corrected chi connectivity index (χ4v) is 2.15. The molecule has 0 saturated heterocycles. The normalized spacial score (nSPS) is 12.6. The molecule has 0 aliphatic rings. The van der Waals surface area contributed by atoms with E-state index in [1.54, 1.807) is 0 Å². The molecule has 1 atom stereocenters. The van der Waals surface area contributed by atoms with Gasteiger partial charge < -0.3 is 5.11 Å². The van der Waals surface area contributed by atoms with E-state index in [2.05, 4.69) is 13.5 Å². The summed E-state index contributed by atoms with van der Waals surface area (Å²) in [4.78, 5) is 0. The summed E-state index contributed by atoms with van der Waals surface area (Å²) in [7, 11) is 0. The van der Waals surface area contributed by atoms with Crippen LogP contribution in [0.5, 0.6) is 0 Å². The molecule has 0 saturated carbocycles. The Bertz CT molecular complexity index is 154. The van der Waals surface area contributed by atoms with Gasteiger partial charge in [0.1, 0.15) is 0 Å². The summed E-state index contributed by atoms with van der Waals surface area (Å²) in [5.41, 5.74) is 0. The topological polar surface area (TPSA) is 20.2 Å². The predicted molar refractivity (Wildman–Crippen MR) is 77.3 cm³/mol. The second-order valence-electron chi connectivity index (χ2n) is 5.14. The fraction of sp³-hybridized carbons (Fsp3) is 0.875. The Kier molecular flexibility index (Phi) is 13.5. The Morgan fingerprint density at radius 3 is 1.94 bits per heavy atom. The smallest absolute Gasteiger partial charge is 0.0540 e. The molecule has 0 amide bonds. The van der Waals surface area contributed by atoms with Gasteiger partial charge >= 0.3 is 0 Å². The van der Waals surface area contributed by atoms with Crippen molar-refractivity contribution < 1.29 is 5.11 Å². The van der Waals surface area contributed by atoms with Crippen LogP contribution in [0.3, 0.4) is 0 Å². The molecule has 1 unspecified atom stereocenters. The average molecular weight is 240 g/mol. The molecule has 0 spiro atoms. The van der Waals surface area contributed by atoms with Crippen LogP contribution in [-0.2, 0) is 0 Å². The first kappa shape index (κ1) is 16.7. The first-order valence-electron chi connectivity index (χ1n) is 7.60. The molecule has 0 fully saturated rings. The van der Waals surface area contributed by atoms with Gasteiger partial charge in [-0.05, 0) is 25.7 Å².